The Morgan fingerprint density at radius 3 is 2.30 bits per heavy atom. The van der Waals surface area contributed by atoms with E-state index in [-0.39, 0.29) is 0 Å². The van der Waals surface area contributed by atoms with Crippen molar-refractivity contribution in [2.75, 3.05) is 0 Å². The summed E-state index contributed by atoms with van der Waals surface area (Å²) in [5.74, 6) is 0.983. The van der Waals surface area contributed by atoms with Crippen LogP contribution in [0.25, 0.3) is 11.0 Å². The van der Waals surface area contributed by atoms with E-state index in [1.807, 2.05) is 12.1 Å². The van der Waals surface area contributed by atoms with Crippen molar-refractivity contribution < 1.29 is 4.57 Å². The Morgan fingerprint density at radius 1 is 1.30 bits per heavy atom. The van der Waals surface area contributed by atoms with Gasteiger partial charge < -0.3 is 24.8 Å². The first-order valence-corrected chi connectivity index (χ1v) is 8.21. The second kappa shape index (κ2) is 8.35. The monoisotopic (exact) mass is 368 g/mol. The standard InChI is InChI=1S/C12H14N2S2.CHCl3/c1-3-13-9-7-5-6-8-10(9)14(4-2)11(13)12(15)16;2-1(3)4/h5-8H,3-4H2,1-2H3;1H. The van der Waals surface area contributed by atoms with Gasteiger partial charge in [-0.2, -0.15) is 0 Å². The summed E-state index contributed by atoms with van der Waals surface area (Å²) in [6, 6.07) is 8.32. The van der Waals surface area contributed by atoms with Crippen LogP contribution >= 0.6 is 47.0 Å². The van der Waals surface area contributed by atoms with E-state index >= 15 is 0 Å². The Hall–Kier alpha value is -0.130. The number of hydrogen-bond acceptors (Lipinski definition) is 2. The largest absolute Gasteiger partial charge is 0.421 e. The first-order chi connectivity index (χ1) is 9.43. The number of alkyl halides is 3. The predicted molar refractivity (Wildman–Crippen MR) is 93.9 cm³/mol. The molecule has 0 spiro atoms. The lowest BCUT2D eigenvalue weighted by Gasteiger charge is -2.04. The molecular weight excluding hydrogens is 355 g/mol. The van der Waals surface area contributed by atoms with Crippen molar-refractivity contribution in [3.05, 3.63) is 30.1 Å². The van der Waals surface area contributed by atoms with Gasteiger partial charge in [0.1, 0.15) is 0 Å². The molecule has 0 amide bonds. The van der Waals surface area contributed by atoms with Crippen LogP contribution in [0.3, 0.4) is 0 Å². The molecular formula is C13H15Cl3N2S2. The lowest BCUT2D eigenvalue weighted by molar-refractivity contribution is -0.669. The Balaban J connectivity index is 0.000000444. The minimum atomic E-state index is -0.750. The minimum absolute atomic E-state index is 0.542. The maximum absolute atomic E-state index is 5.18. The van der Waals surface area contributed by atoms with E-state index in [0.717, 1.165) is 18.9 Å². The van der Waals surface area contributed by atoms with Gasteiger partial charge in [0.15, 0.2) is 15.3 Å². The van der Waals surface area contributed by atoms with Crippen LogP contribution in [0.5, 0.6) is 0 Å². The number of aromatic nitrogens is 2. The summed E-state index contributed by atoms with van der Waals surface area (Å²) in [4.78, 5) is 0. The number of nitrogens with zero attached hydrogens (tertiary/aromatic N) is 2. The van der Waals surface area contributed by atoms with Gasteiger partial charge in [-0.05, 0) is 30.2 Å². The molecule has 2 rings (SSSR count). The molecule has 0 atom stereocenters. The van der Waals surface area contributed by atoms with Crippen molar-refractivity contribution in [2.24, 2.45) is 0 Å². The van der Waals surface area contributed by atoms with Gasteiger partial charge >= 0.3 is 0 Å². The highest BCUT2D eigenvalue weighted by Crippen LogP contribution is 2.15. The second-order valence-corrected chi connectivity index (χ2v) is 6.89. The number of fused-ring (bicyclic) bond motifs is 1. The van der Waals surface area contributed by atoms with Gasteiger partial charge in [-0.1, -0.05) is 46.9 Å². The maximum atomic E-state index is 5.18. The highest BCUT2D eigenvalue weighted by Gasteiger charge is 2.20. The summed E-state index contributed by atoms with van der Waals surface area (Å²) in [5, 5.41) is 0. The molecule has 0 bridgehead atoms. The summed E-state index contributed by atoms with van der Waals surface area (Å²) in [5.41, 5.74) is 2.41. The van der Waals surface area contributed by atoms with Crippen LogP contribution in [0.1, 0.15) is 19.7 Å². The van der Waals surface area contributed by atoms with Crippen molar-refractivity contribution in [1.29, 1.82) is 0 Å². The molecule has 0 aliphatic heterocycles. The third-order valence-corrected chi connectivity index (χ3v) is 3.15. The summed E-state index contributed by atoms with van der Waals surface area (Å²) in [7, 11) is 0. The van der Waals surface area contributed by atoms with E-state index in [4.69, 9.17) is 59.6 Å². The van der Waals surface area contributed by atoms with Crippen LogP contribution in [0, 0.1) is 0 Å². The first kappa shape index (κ1) is 17.9. The van der Waals surface area contributed by atoms with Crippen molar-refractivity contribution in [3.63, 3.8) is 0 Å². The molecule has 0 fully saturated rings. The smallest absolute Gasteiger partial charge is 0.269 e. The summed E-state index contributed by atoms with van der Waals surface area (Å²) >= 11 is 24.8. The van der Waals surface area contributed by atoms with E-state index in [9.17, 15) is 0 Å². The molecule has 0 N–H and O–H groups in total. The molecule has 2 nitrogen and oxygen atoms in total. The van der Waals surface area contributed by atoms with Crippen LogP contribution in [0.4, 0.5) is 0 Å². The third kappa shape index (κ3) is 4.18. The van der Waals surface area contributed by atoms with Gasteiger partial charge in [0, 0.05) is 0 Å². The molecule has 0 radical (unpaired) electrons. The molecule has 0 saturated heterocycles. The fraction of sp³-hybridized carbons (Fsp3) is 0.385. The first-order valence-electron chi connectivity index (χ1n) is 6.08. The molecule has 20 heavy (non-hydrogen) atoms. The Bertz CT molecular complexity index is 553. The molecule has 0 unspecified atom stereocenters. The number of halogens is 3. The van der Waals surface area contributed by atoms with Crippen molar-refractivity contribution in [3.8, 4) is 0 Å². The molecule has 0 saturated carbocycles. The average Bonchev–Trinajstić information content (AvgIpc) is 2.71. The molecule has 1 heterocycles. The maximum Gasteiger partial charge on any atom is 0.269 e. The van der Waals surface area contributed by atoms with E-state index in [0.29, 0.717) is 4.20 Å². The molecule has 7 heteroatoms. The SMILES string of the molecule is CCn1c(C(=S)[S-])[n+](CC)c2ccccc21.ClC(Cl)Cl. The Labute approximate surface area is 145 Å². The van der Waals surface area contributed by atoms with E-state index in [1.165, 1.54) is 11.0 Å². The van der Waals surface area contributed by atoms with E-state index in [2.05, 4.69) is 35.1 Å². The third-order valence-electron chi connectivity index (χ3n) is 2.79. The zero-order valence-electron chi connectivity index (χ0n) is 11.1. The summed E-state index contributed by atoms with van der Waals surface area (Å²) in [6.07, 6.45) is 0. The van der Waals surface area contributed by atoms with Crippen molar-refractivity contribution in [2.45, 2.75) is 31.2 Å². The van der Waals surface area contributed by atoms with Gasteiger partial charge in [-0.3, -0.25) is 0 Å². The number of hydrogen-bond donors (Lipinski definition) is 0. The number of rotatable bonds is 3. The lowest BCUT2D eigenvalue weighted by atomic mass is 10.3. The fourth-order valence-corrected chi connectivity index (χ4v) is 2.60. The van der Waals surface area contributed by atoms with Crippen LogP contribution in [-0.4, -0.2) is 13.1 Å². The number of para-hydroxylation sites is 2. The van der Waals surface area contributed by atoms with Gasteiger partial charge in [0.05, 0.1) is 13.1 Å². The molecule has 1 aromatic carbocycles. The van der Waals surface area contributed by atoms with Crippen LogP contribution in [0.2, 0.25) is 0 Å². The summed E-state index contributed by atoms with van der Waals surface area (Å²) < 4.78 is 4.17. The van der Waals surface area contributed by atoms with Gasteiger partial charge in [0.25, 0.3) is 5.82 Å². The van der Waals surface area contributed by atoms with E-state index < -0.39 is 4.30 Å². The number of thiocarbonyl (C=S) groups is 1. The number of benzene rings is 1. The zero-order valence-corrected chi connectivity index (χ0v) is 15.0. The quantitative estimate of drug-likeness (QED) is 0.347. The van der Waals surface area contributed by atoms with E-state index in [1.54, 1.807) is 0 Å². The average molecular weight is 370 g/mol. The predicted octanol–water partition coefficient (Wildman–Crippen LogP) is 4.18. The Morgan fingerprint density at radius 2 is 1.85 bits per heavy atom. The molecule has 1 aromatic heterocycles. The van der Waals surface area contributed by atoms with Crippen molar-refractivity contribution in [1.82, 2.24) is 4.57 Å². The number of imidazole rings is 1. The van der Waals surface area contributed by atoms with Crippen LogP contribution in [-0.2, 0) is 25.7 Å². The molecule has 2 aromatic rings. The molecule has 0 aliphatic carbocycles. The topological polar surface area (TPSA) is 8.81 Å². The molecule has 110 valence electrons. The highest BCUT2D eigenvalue weighted by molar-refractivity contribution is 8.01. The minimum Gasteiger partial charge on any atom is -0.421 e. The fourth-order valence-electron chi connectivity index (χ4n) is 2.16. The zero-order chi connectivity index (χ0) is 15.3. The highest BCUT2D eigenvalue weighted by atomic mass is 35.6. The van der Waals surface area contributed by atoms with Crippen LogP contribution in [0.15, 0.2) is 24.3 Å². The lowest BCUT2D eigenvalue weighted by Crippen LogP contribution is -2.38. The van der Waals surface area contributed by atoms with Crippen molar-refractivity contribution >= 4 is 74.9 Å². The van der Waals surface area contributed by atoms with Crippen LogP contribution < -0.4 is 4.57 Å². The van der Waals surface area contributed by atoms with Gasteiger partial charge in [-0.15, -0.1) is 0 Å². The second-order valence-electron chi connectivity index (χ2n) is 3.84. The Kier molecular flexibility index (Phi) is 7.48. The summed E-state index contributed by atoms with van der Waals surface area (Å²) in [6.45, 7) is 6.01. The van der Waals surface area contributed by atoms with Gasteiger partial charge in [-0.25, -0.2) is 9.13 Å². The normalized spacial score (nSPS) is 10.5. The number of aryl methyl sites for hydroxylation is 2. The molecule has 0 aliphatic rings. The van der Waals surface area contributed by atoms with Gasteiger partial charge in [0.2, 0.25) is 0 Å².